The van der Waals surface area contributed by atoms with Crippen LogP contribution in [-0.4, -0.2) is 0 Å². The van der Waals surface area contributed by atoms with E-state index in [4.69, 9.17) is 11.6 Å². The molecule has 0 heterocycles. The van der Waals surface area contributed by atoms with Crippen molar-refractivity contribution in [2.75, 3.05) is 5.32 Å². The fraction of sp³-hybridized carbons (Fsp3) is 0.200. The maximum Gasteiger partial charge on any atom is 0.149 e. The molecular formula is C15H12ClF2N. The van der Waals surface area contributed by atoms with E-state index in [0.29, 0.717) is 10.7 Å². The topological polar surface area (TPSA) is 12.0 Å². The molecule has 19 heavy (non-hydrogen) atoms. The fourth-order valence-electron chi connectivity index (χ4n) is 2.53. The molecule has 2 aromatic rings. The molecule has 98 valence electrons. The third-order valence-corrected chi connectivity index (χ3v) is 3.68. The first-order valence-electron chi connectivity index (χ1n) is 6.13. The number of halogens is 3. The molecule has 4 heteroatoms. The monoisotopic (exact) mass is 279 g/mol. The maximum atomic E-state index is 13.6. The number of benzene rings is 2. The van der Waals surface area contributed by atoms with Crippen molar-refractivity contribution in [2.24, 2.45) is 0 Å². The Balaban J connectivity index is 1.86. The summed E-state index contributed by atoms with van der Waals surface area (Å²) in [7, 11) is 0. The number of nitrogens with one attached hydrogen (secondary N) is 1. The van der Waals surface area contributed by atoms with Gasteiger partial charge in [-0.3, -0.25) is 0 Å². The lowest BCUT2D eigenvalue weighted by molar-refractivity contribution is 0.582. The molecule has 0 aliphatic heterocycles. The average molecular weight is 280 g/mol. The summed E-state index contributed by atoms with van der Waals surface area (Å²) in [6.45, 7) is 0. The predicted octanol–water partition coefficient (Wildman–Crippen LogP) is 4.72. The molecule has 0 spiro atoms. The number of anilines is 1. The minimum atomic E-state index is -0.568. The molecule has 1 nitrogen and oxygen atoms in total. The third-order valence-electron chi connectivity index (χ3n) is 3.44. The van der Waals surface area contributed by atoms with Gasteiger partial charge in [0.15, 0.2) is 0 Å². The summed E-state index contributed by atoms with van der Waals surface area (Å²) in [5.74, 6) is -1.14. The lowest BCUT2D eigenvalue weighted by Gasteiger charge is -2.16. The Kier molecular flexibility index (Phi) is 3.15. The van der Waals surface area contributed by atoms with Crippen LogP contribution in [-0.2, 0) is 6.42 Å². The van der Waals surface area contributed by atoms with Crippen molar-refractivity contribution in [1.29, 1.82) is 0 Å². The van der Waals surface area contributed by atoms with Gasteiger partial charge < -0.3 is 5.32 Å². The largest absolute Gasteiger partial charge is 0.376 e. The van der Waals surface area contributed by atoms with Crippen LogP contribution in [0.25, 0.3) is 0 Å². The van der Waals surface area contributed by atoms with Crippen LogP contribution in [0.1, 0.15) is 23.6 Å². The molecular weight excluding hydrogens is 268 g/mol. The molecule has 0 fully saturated rings. The van der Waals surface area contributed by atoms with Crippen LogP contribution >= 0.6 is 11.6 Å². The van der Waals surface area contributed by atoms with Gasteiger partial charge in [0.25, 0.3) is 0 Å². The van der Waals surface area contributed by atoms with E-state index < -0.39 is 11.6 Å². The number of fused-ring (bicyclic) bond motifs is 1. The second-order valence-electron chi connectivity index (χ2n) is 4.70. The van der Waals surface area contributed by atoms with Crippen molar-refractivity contribution in [1.82, 2.24) is 0 Å². The molecule has 0 radical (unpaired) electrons. The van der Waals surface area contributed by atoms with E-state index in [9.17, 15) is 8.78 Å². The summed E-state index contributed by atoms with van der Waals surface area (Å²) in [5.41, 5.74) is 2.65. The van der Waals surface area contributed by atoms with Crippen LogP contribution in [0, 0.1) is 11.6 Å². The molecule has 1 atom stereocenters. The molecule has 0 bridgehead atoms. The minimum absolute atomic E-state index is 0.0484. The lowest BCUT2D eigenvalue weighted by atomic mass is 10.1. The molecule has 1 aliphatic rings. The Morgan fingerprint density at radius 1 is 1.11 bits per heavy atom. The van der Waals surface area contributed by atoms with E-state index in [0.717, 1.165) is 24.5 Å². The van der Waals surface area contributed by atoms with Gasteiger partial charge in [0.1, 0.15) is 11.6 Å². The van der Waals surface area contributed by atoms with E-state index in [2.05, 4.69) is 5.32 Å². The Morgan fingerprint density at radius 2 is 1.95 bits per heavy atom. The van der Waals surface area contributed by atoms with E-state index in [-0.39, 0.29) is 6.04 Å². The van der Waals surface area contributed by atoms with Crippen molar-refractivity contribution in [3.8, 4) is 0 Å². The predicted molar refractivity (Wildman–Crippen MR) is 72.5 cm³/mol. The fourth-order valence-corrected chi connectivity index (χ4v) is 2.72. The molecule has 1 unspecified atom stereocenters. The zero-order valence-corrected chi connectivity index (χ0v) is 10.8. The van der Waals surface area contributed by atoms with Crippen LogP contribution in [0.5, 0.6) is 0 Å². The number of hydrogen-bond acceptors (Lipinski definition) is 1. The zero-order valence-electron chi connectivity index (χ0n) is 10.1. The third kappa shape index (κ3) is 2.43. The molecule has 2 aromatic carbocycles. The summed E-state index contributed by atoms with van der Waals surface area (Å²) >= 11 is 5.95. The highest BCUT2D eigenvalue weighted by Crippen LogP contribution is 2.35. The maximum absolute atomic E-state index is 13.6. The van der Waals surface area contributed by atoms with Gasteiger partial charge in [-0.05, 0) is 48.2 Å². The Morgan fingerprint density at radius 3 is 2.74 bits per heavy atom. The van der Waals surface area contributed by atoms with Crippen LogP contribution in [0.15, 0.2) is 36.4 Å². The smallest absolute Gasteiger partial charge is 0.149 e. The summed E-state index contributed by atoms with van der Waals surface area (Å²) in [4.78, 5) is 0. The van der Waals surface area contributed by atoms with E-state index in [1.54, 1.807) is 0 Å². The quantitative estimate of drug-likeness (QED) is 0.839. The molecule has 3 rings (SSSR count). The Hall–Kier alpha value is -1.61. The van der Waals surface area contributed by atoms with Crippen LogP contribution in [0.4, 0.5) is 14.5 Å². The SMILES string of the molecule is Fc1ccc(NC2CCc3cc(Cl)ccc32)c(F)c1. The molecule has 1 N–H and O–H groups in total. The summed E-state index contributed by atoms with van der Waals surface area (Å²) < 4.78 is 26.5. The van der Waals surface area contributed by atoms with Gasteiger partial charge in [0.05, 0.1) is 11.7 Å². The van der Waals surface area contributed by atoms with Gasteiger partial charge in [0.2, 0.25) is 0 Å². The Labute approximate surface area is 115 Å². The van der Waals surface area contributed by atoms with Gasteiger partial charge in [-0.15, -0.1) is 0 Å². The second-order valence-corrected chi connectivity index (χ2v) is 5.14. The molecule has 1 aliphatic carbocycles. The van der Waals surface area contributed by atoms with Crippen LogP contribution in [0.3, 0.4) is 0 Å². The van der Waals surface area contributed by atoms with Gasteiger partial charge in [-0.25, -0.2) is 8.78 Å². The molecule has 0 amide bonds. The van der Waals surface area contributed by atoms with Crippen molar-refractivity contribution >= 4 is 17.3 Å². The number of hydrogen-bond donors (Lipinski definition) is 1. The minimum Gasteiger partial charge on any atom is -0.376 e. The van der Waals surface area contributed by atoms with E-state index in [1.807, 2.05) is 18.2 Å². The first kappa shape index (κ1) is 12.4. The van der Waals surface area contributed by atoms with Gasteiger partial charge >= 0.3 is 0 Å². The summed E-state index contributed by atoms with van der Waals surface area (Å²) in [5, 5.41) is 3.84. The lowest BCUT2D eigenvalue weighted by Crippen LogP contribution is -2.08. The molecule has 0 saturated heterocycles. The van der Waals surface area contributed by atoms with Crippen LogP contribution < -0.4 is 5.32 Å². The highest BCUT2D eigenvalue weighted by molar-refractivity contribution is 6.30. The van der Waals surface area contributed by atoms with Gasteiger partial charge in [0, 0.05) is 11.1 Å². The first-order chi connectivity index (χ1) is 9.13. The highest BCUT2D eigenvalue weighted by Gasteiger charge is 2.23. The Bertz CT molecular complexity index is 628. The van der Waals surface area contributed by atoms with Crippen molar-refractivity contribution < 1.29 is 8.78 Å². The van der Waals surface area contributed by atoms with E-state index >= 15 is 0 Å². The van der Waals surface area contributed by atoms with Crippen LogP contribution in [0.2, 0.25) is 5.02 Å². The number of rotatable bonds is 2. The highest BCUT2D eigenvalue weighted by atomic mass is 35.5. The van der Waals surface area contributed by atoms with Crippen molar-refractivity contribution in [3.63, 3.8) is 0 Å². The van der Waals surface area contributed by atoms with Gasteiger partial charge in [-0.1, -0.05) is 17.7 Å². The normalized spacial score (nSPS) is 17.3. The van der Waals surface area contributed by atoms with Gasteiger partial charge in [-0.2, -0.15) is 0 Å². The zero-order chi connectivity index (χ0) is 13.4. The standard InChI is InChI=1S/C15H12ClF2N/c16-10-2-4-12-9(7-10)1-5-14(12)19-15-6-3-11(17)8-13(15)18/h2-4,6-8,14,19H,1,5H2. The molecule has 0 saturated carbocycles. The molecule has 0 aromatic heterocycles. The second kappa shape index (κ2) is 4.82. The summed E-state index contributed by atoms with van der Waals surface area (Å²) in [6, 6.07) is 9.36. The number of aryl methyl sites for hydroxylation is 1. The van der Waals surface area contributed by atoms with Crippen molar-refractivity contribution in [2.45, 2.75) is 18.9 Å². The first-order valence-corrected chi connectivity index (χ1v) is 6.51. The average Bonchev–Trinajstić information content (AvgIpc) is 2.75. The van der Waals surface area contributed by atoms with E-state index in [1.165, 1.54) is 17.7 Å². The van der Waals surface area contributed by atoms with Crippen molar-refractivity contribution in [3.05, 3.63) is 64.2 Å². The summed E-state index contributed by atoms with van der Waals surface area (Å²) in [6.07, 6.45) is 1.79.